The lowest BCUT2D eigenvalue weighted by atomic mass is 10.3. The van der Waals surface area contributed by atoms with Gasteiger partial charge in [-0.3, -0.25) is 4.55 Å². The van der Waals surface area contributed by atoms with E-state index in [0.29, 0.717) is 0 Å². The summed E-state index contributed by atoms with van der Waals surface area (Å²) in [5.74, 6) is -7.01. The molecule has 0 aliphatic rings. The van der Waals surface area contributed by atoms with E-state index in [4.69, 9.17) is 4.55 Å². The third-order valence-corrected chi connectivity index (χ3v) is 2.28. The van der Waals surface area contributed by atoms with Gasteiger partial charge >= 0.3 is 33.0 Å². The summed E-state index contributed by atoms with van der Waals surface area (Å²) < 4.78 is 127. The first-order valence-electron chi connectivity index (χ1n) is 3.33. The van der Waals surface area contributed by atoms with Gasteiger partial charge in [-0.1, -0.05) is 0 Å². The van der Waals surface area contributed by atoms with Gasteiger partial charge in [0, 0.05) is 0 Å². The smallest absolute Gasteiger partial charge is 0.281 e. The van der Waals surface area contributed by atoms with Gasteiger partial charge in [0.2, 0.25) is 0 Å². The van der Waals surface area contributed by atoms with Crippen molar-refractivity contribution in [3.63, 3.8) is 0 Å². The molecule has 4 nitrogen and oxygen atoms in total. The van der Waals surface area contributed by atoms with E-state index in [1.807, 2.05) is 4.74 Å². The fraction of sp³-hybridized carbons (Fsp3) is 1.00. The molecule has 18 heavy (non-hydrogen) atoms. The lowest BCUT2D eigenvalue weighted by molar-refractivity contribution is -0.429. The fourth-order valence-corrected chi connectivity index (χ4v) is 1.08. The van der Waals surface area contributed by atoms with Crippen LogP contribution in [-0.2, 0) is 14.9 Å². The van der Waals surface area contributed by atoms with Crippen LogP contribution in [-0.4, -0.2) is 35.8 Å². The Hall–Kier alpha value is -0.400. The van der Waals surface area contributed by atoms with Crippen LogP contribution in [0.4, 0.5) is 35.1 Å². The van der Waals surface area contributed by atoms with Crippen molar-refractivity contribution in [2.45, 2.75) is 22.9 Å². The van der Waals surface area contributed by atoms with Crippen LogP contribution in [0.1, 0.15) is 0 Å². The minimum Gasteiger partial charge on any atom is -0.281 e. The summed E-state index contributed by atoms with van der Waals surface area (Å²) in [4.78, 5) is 0. The largest absolute Gasteiger partial charge is 0.445 e. The predicted molar refractivity (Wildman–Crippen MR) is 38.3 cm³/mol. The Balaban J connectivity index is 5.65. The maximum Gasteiger partial charge on any atom is 0.445 e. The maximum absolute atomic E-state index is 12.4. The number of ether oxygens (including phenoxy) is 1. The zero-order chi connectivity index (χ0) is 15.2. The second kappa shape index (κ2) is 4.31. The molecule has 0 aromatic heterocycles. The fourth-order valence-electron chi connectivity index (χ4n) is 0.541. The highest BCUT2D eigenvalue weighted by Crippen LogP contribution is 2.50. The molecule has 0 spiro atoms. The Morgan fingerprint density at radius 3 is 1.50 bits per heavy atom. The highest BCUT2D eigenvalue weighted by atomic mass is 35.5. The second-order valence-corrected chi connectivity index (χ2v) is 4.53. The van der Waals surface area contributed by atoms with E-state index >= 15 is 0 Å². The average Bonchev–Trinajstić information content (AvgIpc) is 1.95. The molecule has 0 amide bonds. The number of hydrogen-bond donors (Lipinski definition) is 1. The number of rotatable bonds is 5. The summed E-state index contributed by atoms with van der Waals surface area (Å²) >= 11 is 3.66. The number of alkyl halides is 9. The van der Waals surface area contributed by atoms with Crippen LogP contribution >= 0.6 is 11.6 Å². The Bertz CT molecular complexity index is 413. The first-order valence-corrected chi connectivity index (χ1v) is 5.15. The molecular formula is C4HClF8O4S. The zero-order valence-electron chi connectivity index (χ0n) is 7.48. The van der Waals surface area contributed by atoms with E-state index in [1.165, 1.54) is 0 Å². The second-order valence-electron chi connectivity index (χ2n) is 2.63. The third kappa shape index (κ3) is 3.13. The molecule has 0 saturated heterocycles. The van der Waals surface area contributed by atoms with Gasteiger partial charge in [-0.2, -0.15) is 43.5 Å². The molecular weight excluding hydrogens is 332 g/mol. The Kier molecular flexibility index (Phi) is 4.22. The summed E-state index contributed by atoms with van der Waals surface area (Å²) in [6, 6.07) is 0. The summed E-state index contributed by atoms with van der Waals surface area (Å²) in [5, 5.41) is -6.79. The van der Waals surface area contributed by atoms with Crippen molar-refractivity contribution < 1.29 is 52.8 Å². The van der Waals surface area contributed by atoms with E-state index in [-0.39, 0.29) is 0 Å². The highest BCUT2D eigenvalue weighted by Gasteiger charge is 2.80. The third-order valence-electron chi connectivity index (χ3n) is 1.30. The van der Waals surface area contributed by atoms with Crippen LogP contribution in [0.15, 0.2) is 0 Å². The van der Waals surface area contributed by atoms with Crippen molar-refractivity contribution in [1.82, 2.24) is 0 Å². The van der Waals surface area contributed by atoms with E-state index < -0.39 is 33.0 Å². The van der Waals surface area contributed by atoms with Gasteiger partial charge in [0.15, 0.2) is 0 Å². The van der Waals surface area contributed by atoms with Gasteiger partial charge in [0.25, 0.3) is 0 Å². The topological polar surface area (TPSA) is 63.6 Å². The molecule has 0 unspecified atom stereocenters. The van der Waals surface area contributed by atoms with Crippen molar-refractivity contribution in [3.8, 4) is 0 Å². The summed E-state index contributed by atoms with van der Waals surface area (Å²) in [6.45, 7) is 0. The molecule has 14 heteroatoms. The van der Waals surface area contributed by atoms with E-state index in [1.54, 1.807) is 0 Å². The van der Waals surface area contributed by atoms with Crippen LogP contribution in [0.2, 0.25) is 0 Å². The van der Waals surface area contributed by atoms with E-state index in [9.17, 15) is 43.5 Å². The van der Waals surface area contributed by atoms with Gasteiger partial charge in [0.05, 0.1) is 0 Å². The van der Waals surface area contributed by atoms with Crippen LogP contribution < -0.4 is 0 Å². The van der Waals surface area contributed by atoms with Crippen LogP contribution in [0.25, 0.3) is 0 Å². The predicted octanol–water partition coefficient (Wildman–Crippen LogP) is 2.50. The molecule has 0 atom stereocenters. The maximum atomic E-state index is 12.4. The molecule has 0 aliphatic carbocycles. The lowest BCUT2D eigenvalue weighted by Crippen LogP contribution is -2.59. The molecule has 0 aromatic carbocycles. The van der Waals surface area contributed by atoms with Crippen molar-refractivity contribution >= 4 is 21.7 Å². The first-order chi connectivity index (χ1) is 7.46. The highest BCUT2D eigenvalue weighted by molar-refractivity contribution is 7.87. The molecule has 0 aliphatic heterocycles. The molecule has 0 radical (unpaired) electrons. The van der Waals surface area contributed by atoms with Gasteiger partial charge in [-0.15, -0.1) is 0 Å². The zero-order valence-corrected chi connectivity index (χ0v) is 9.05. The Morgan fingerprint density at radius 2 is 1.28 bits per heavy atom. The quantitative estimate of drug-likeness (QED) is 0.477. The molecule has 0 aromatic rings. The molecule has 0 fully saturated rings. The van der Waals surface area contributed by atoms with Crippen molar-refractivity contribution in [2.75, 3.05) is 0 Å². The van der Waals surface area contributed by atoms with E-state index in [0.717, 1.165) is 0 Å². The molecule has 0 rings (SSSR count). The SMILES string of the molecule is O=S(=O)(O)C(F)(F)C(F)(F)C(F)(F)OC(F)(F)Cl. The summed E-state index contributed by atoms with van der Waals surface area (Å²) in [7, 11) is -7.03. The van der Waals surface area contributed by atoms with E-state index in [2.05, 4.69) is 11.6 Å². The van der Waals surface area contributed by atoms with Crippen LogP contribution in [0.5, 0.6) is 0 Å². The minimum absolute atomic E-state index is 1.86. The number of halogens is 9. The van der Waals surface area contributed by atoms with Gasteiger partial charge in [-0.05, 0) is 11.6 Å². The Labute approximate surface area is 98.2 Å². The van der Waals surface area contributed by atoms with Crippen molar-refractivity contribution in [3.05, 3.63) is 0 Å². The normalized spacial score (nSPS) is 15.9. The first kappa shape index (κ1) is 17.6. The van der Waals surface area contributed by atoms with Crippen LogP contribution in [0.3, 0.4) is 0 Å². The standard InChI is InChI=1S/C4HClF8O4S/c5-4(12,13)17-2(8,9)1(6,7)3(10,11)18(14,15)16/h(H,14,15,16). The Morgan fingerprint density at radius 1 is 0.944 bits per heavy atom. The van der Waals surface area contributed by atoms with Crippen molar-refractivity contribution in [2.24, 2.45) is 0 Å². The number of hydrogen-bond acceptors (Lipinski definition) is 3. The van der Waals surface area contributed by atoms with Gasteiger partial charge in [-0.25, -0.2) is 4.74 Å². The molecule has 0 heterocycles. The summed E-state index contributed by atoms with van der Waals surface area (Å²) in [5.41, 5.74) is -5.48. The molecule has 1 N–H and O–H groups in total. The van der Waals surface area contributed by atoms with Crippen LogP contribution in [0, 0.1) is 0 Å². The monoisotopic (exact) mass is 332 g/mol. The molecule has 110 valence electrons. The van der Waals surface area contributed by atoms with Gasteiger partial charge in [0.1, 0.15) is 0 Å². The minimum atomic E-state index is -7.03. The average molecular weight is 333 g/mol. The molecule has 0 bridgehead atoms. The van der Waals surface area contributed by atoms with Gasteiger partial charge < -0.3 is 0 Å². The van der Waals surface area contributed by atoms with Crippen molar-refractivity contribution in [1.29, 1.82) is 0 Å². The molecule has 0 saturated carbocycles. The lowest BCUT2D eigenvalue weighted by Gasteiger charge is -2.30. The summed E-state index contributed by atoms with van der Waals surface area (Å²) in [6.07, 6.45) is -6.68.